The minimum atomic E-state index is -1.19. The van der Waals surface area contributed by atoms with E-state index in [0.29, 0.717) is 6.42 Å². The predicted octanol–water partition coefficient (Wildman–Crippen LogP) is 3.41. The lowest BCUT2D eigenvalue weighted by Crippen LogP contribution is -2.49. The molecular weight excluding hydrogens is 422 g/mol. The second kappa shape index (κ2) is 13.9. The van der Waals surface area contributed by atoms with Crippen molar-refractivity contribution in [2.24, 2.45) is 5.92 Å². The van der Waals surface area contributed by atoms with Crippen LogP contribution in [0.2, 0.25) is 0 Å². The number of aliphatic hydroxyl groups is 1. The number of Topliss-reactive ketones (excluding diaryl/α,β-unsaturated/α-hetero) is 1. The number of hydrogen-bond acceptors (Lipinski definition) is 6. The summed E-state index contributed by atoms with van der Waals surface area (Å²) in [5.74, 6) is -0.287. The molecule has 0 bridgehead atoms. The molecule has 1 aliphatic heterocycles. The molecule has 2 amide bonds. The van der Waals surface area contributed by atoms with Crippen LogP contribution in [0.15, 0.2) is 0 Å². The van der Waals surface area contributed by atoms with Crippen LogP contribution in [0.5, 0.6) is 0 Å². The Morgan fingerprint density at radius 2 is 1.76 bits per heavy atom. The van der Waals surface area contributed by atoms with Gasteiger partial charge in [0.15, 0.2) is 5.78 Å². The normalized spacial score (nSPS) is 23.4. The highest BCUT2D eigenvalue weighted by Crippen LogP contribution is 2.35. The van der Waals surface area contributed by atoms with Crippen LogP contribution >= 0.6 is 0 Å². The van der Waals surface area contributed by atoms with E-state index < -0.39 is 29.7 Å². The molecule has 1 saturated carbocycles. The number of carbonyl (C=O) groups excluding carboxylic acids is 3. The Hall–Kier alpha value is -1.67. The predicted molar refractivity (Wildman–Crippen MR) is 130 cm³/mol. The number of amides is 2. The SMILES string of the molecule is CCC.CCCCC1CC(C(=O)CNCC(O)C(=O)NC2CC2)N(C(=O)OC(C)(C)C)C1C. The lowest BCUT2D eigenvalue weighted by molar-refractivity contribution is -0.129. The van der Waals surface area contributed by atoms with Crippen LogP contribution in [0.1, 0.15) is 93.4 Å². The van der Waals surface area contributed by atoms with E-state index in [1.165, 1.54) is 6.42 Å². The van der Waals surface area contributed by atoms with Crippen molar-refractivity contribution in [2.75, 3.05) is 13.1 Å². The van der Waals surface area contributed by atoms with Crippen LogP contribution in [0.25, 0.3) is 0 Å². The number of nitrogens with zero attached hydrogens (tertiary/aromatic N) is 1. The molecule has 4 atom stereocenters. The number of hydrogen-bond donors (Lipinski definition) is 3. The highest BCUT2D eigenvalue weighted by Gasteiger charge is 2.45. The first-order chi connectivity index (χ1) is 15.4. The van der Waals surface area contributed by atoms with E-state index in [1.807, 2.05) is 27.7 Å². The van der Waals surface area contributed by atoms with Gasteiger partial charge in [0.25, 0.3) is 0 Å². The van der Waals surface area contributed by atoms with Gasteiger partial charge in [-0.1, -0.05) is 40.0 Å². The van der Waals surface area contributed by atoms with Crippen LogP contribution in [-0.2, 0) is 14.3 Å². The van der Waals surface area contributed by atoms with Crippen LogP contribution in [0, 0.1) is 5.92 Å². The van der Waals surface area contributed by atoms with E-state index in [4.69, 9.17) is 4.74 Å². The second-order valence-corrected chi connectivity index (χ2v) is 10.4. The third-order valence-corrected chi connectivity index (χ3v) is 5.75. The average molecular weight is 470 g/mol. The van der Waals surface area contributed by atoms with Crippen molar-refractivity contribution >= 4 is 17.8 Å². The number of ether oxygens (including phenoxy) is 1. The summed E-state index contributed by atoms with van der Waals surface area (Å²) in [4.78, 5) is 39.2. The maximum absolute atomic E-state index is 12.9. The highest BCUT2D eigenvalue weighted by molar-refractivity contribution is 5.90. The van der Waals surface area contributed by atoms with E-state index in [0.717, 1.165) is 32.1 Å². The summed E-state index contributed by atoms with van der Waals surface area (Å²) in [7, 11) is 0. The van der Waals surface area contributed by atoms with E-state index in [2.05, 4.69) is 31.4 Å². The molecule has 2 aliphatic rings. The van der Waals surface area contributed by atoms with Crippen molar-refractivity contribution in [1.29, 1.82) is 0 Å². The van der Waals surface area contributed by atoms with Gasteiger partial charge in [-0.25, -0.2) is 4.79 Å². The third kappa shape index (κ3) is 10.4. The van der Waals surface area contributed by atoms with Crippen LogP contribution in [-0.4, -0.2) is 70.7 Å². The largest absolute Gasteiger partial charge is 0.444 e. The molecule has 4 unspecified atom stereocenters. The topological polar surface area (TPSA) is 108 Å². The van der Waals surface area contributed by atoms with Crippen LogP contribution in [0.3, 0.4) is 0 Å². The van der Waals surface area contributed by atoms with Gasteiger partial charge in [0.05, 0.1) is 12.6 Å². The molecule has 0 spiro atoms. The molecule has 1 heterocycles. The zero-order valence-corrected chi connectivity index (χ0v) is 21.8. The Bertz CT molecular complexity index is 630. The Labute approximate surface area is 200 Å². The van der Waals surface area contributed by atoms with Crippen molar-refractivity contribution < 1.29 is 24.2 Å². The number of nitrogens with one attached hydrogen (secondary N) is 2. The maximum Gasteiger partial charge on any atom is 0.411 e. The summed E-state index contributed by atoms with van der Waals surface area (Å²) in [6.07, 6.45) is 5.19. The fraction of sp³-hybridized carbons (Fsp3) is 0.880. The van der Waals surface area contributed by atoms with E-state index in [-0.39, 0.29) is 36.9 Å². The molecule has 0 aromatic rings. The summed E-state index contributed by atoms with van der Waals surface area (Å²) in [6.45, 7) is 13.8. The van der Waals surface area contributed by atoms with E-state index in [1.54, 1.807) is 4.90 Å². The number of ketones is 1. The molecule has 0 aromatic heterocycles. The number of aliphatic hydroxyl groups excluding tert-OH is 1. The van der Waals surface area contributed by atoms with Crippen molar-refractivity contribution in [3.8, 4) is 0 Å². The fourth-order valence-electron chi connectivity index (χ4n) is 3.90. The first kappa shape index (κ1) is 29.4. The van der Waals surface area contributed by atoms with Crippen molar-refractivity contribution in [3.05, 3.63) is 0 Å². The van der Waals surface area contributed by atoms with Gasteiger partial charge in [-0.15, -0.1) is 0 Å². The summed E-state index contributed by atoms with van der Waals surface area (Å²) in [5.41, 5.74) is -0.636. The van der Waals surface area contributed by atoms with Gasteiger partial charge < -0.3 is 20.5 Å². The van der Waals surface area contributed by atoms with Crippen LogP contribution < -0.4 is 10.6 Å². The van der Waals surface area contributed by atoms with Gasteiger partial charge in [-0.2, -0.15) is 0 Å². The molecule has 8 heteroatoms. The van der Waals surface area contributed by atoms with Gasteiger partial charge >= 0.3 is 6.09 Å². The lowest BCUT2D eigenvalue weighted by Gasteiger charge is -2.31. The Morgan fingerprint density at radius 3 is 2.27 bits per heavy atom. The maximum atomic E-state index is 12.9. The fourth-order valence-corrected chi connectivity index (χ4v) is 3.90. The zero-order valence-electron chi connectivity index (χ0n) is 21.8. The Balaban J connectivity index is 0.00000172. The molecule has 1 saturated heterocycles. The standard InChI is InChI=1S/C22H39N3O5.C3H8/c1-6-7-8-15-11-17(25(14(15)2)21(29)30-22(3,4)5)18(26)12-23-13-19(27)20(28)24-16-9-10-16;1-3-2/h14-17,19,23,27H,6-13H2,1-5H3,(H,24,28);3H2,1-2H3. The van der Waals surface area contributed by atoms with Crippen molar-refractivity contribution in [1.82, 2.24) is 15.5 Å². The van der Waals surface area contributed by atoms with Gasteiger partial charge in [0.1, 0.15) is 11.7 Å². The first-order valence-electron chi connectivity index (χ1n) is 12.7. The highest BCUT2D eigenvalue weighted by atomic mass is 16.6. The molecule has 0 aromatic carbocycles. The molecule has 3 N–H and O–H groups in total. The van der Waals surface area contributed by atoms with Crippen molar-refractivity contribution in [2.45, 2.75) is 123 Å². The smallest absolute Gasteiger partial charge is 0.411 e. The number of unbranched alkanes of at least 4 members (excludes halogenated alkanes) is 1. The summed E-state index contributed by atoms with van der Waals surface area (Å²) >= 11 is 0. The zero-order chi connectivity index (χ0) is 25.2. The van der Waals surface area contributed by atoms with Crippen molar-refractivity contribution in [3.63, 3.8) is 0 Å². The minimum absolute atomic E-state index is 0.00172. The monoisotopic (exact) mass is 469 g/mol. The second-order valence-electron chi connectivity index (χ2n) is 10.4. The molecule has 2 fully saturated rings. The minimum Gasteiger partial charge on any atom is -0.444 e. The Morgan fingerprint density at radius 1 is 1.15 bits per heavy atom. The van der Waals surface area contributed by atoms with Gasteiger partial charge in [0, 0.05) is 18.6 Å². The molecule has 8 nitrogen and oxygen atoms in total. The molecule has 192 valence electrons. The number of rotatable bonds is 10. The molecule has 2 rings (SSSR count). The number of carbonyl (C=O) groups is 3. The number of likely N-dealkylation sites (tertiary alicyclic amines) is 1. The quantitative estimate of drug-likeness (QED) is 0.453. The third-order valence-electron chi connectivity index (χ3n) is 5.75. The van der Waals surface area contributed by atoms with Gasteiger partial charge in [0.2, 0.25) is 5.91 Å². The summed E-state index contributed by atoms with van der Waals surface area (Å²) in [6, 6.07) is -0.451. The molecular formula is C25H47N3O5. The van der Waals surface area contributed by atoms with Gasteiger partial charge in [-0.3, -0.25) is 14.5 Å². The van der Waals surface area contributed by atoms with E-state index in [9.17, 15) is 19.5 Å². The van der Waals surface area contributed by atoms with E-state index >= 15 is 0 Å². The molecule has 33 heavy (non-hydrogen) atoms. The lowest BCUT2D eigenvalue weighted by atomic mass is 9.93. The van der Waals surface area contributed by atoms with Crippen LogP contribution in [0.4, 0.5) is 4.79 Å². The molecule has 0 radical (unpaired) electrons. The Kier molecular flexibility index (Phi) is 12.4. The first-order valence-corrected chi connectivity index (χ1v) is 12.7. The molecule has 1 aliphatic carbocycles. The summed E-state index contributed by atoms with van der Waals surface area (Å²) < 4.78 is 5.56. The summed E-state index contributed by atoms with van der Waals surface area (Å²) in [5, 5.41) is 15.6. The average Bonchev–Trinajstić information content (AvgIpc) is 3.46. The van der Waals surface area contributed by atoms with Gasteiger partial charge in [-0.05, 0) is 59.3 Å².